The topological polar surface area (TPSA) is 90.9 Å². The van der Waals surface area contributed by atoms with Crippen molar-refractivity contribution in [3.05, 3.63) is 23.9 Å². The second-order valence-electron chi connectivity index (χ2n) is 6.04. The molecule has 0 spiro atoms. The Kier molecular flexibility index (Phi) is 14.7. The molecule has 0 aromatic carbocycles. The zero-order valence-corrected chi connectivity index (χ0v) is 19.1. The lowest BCUT2D eigenvalue weighted by Gasteiger charge is -2.18. The molecule has 0 aliphatic heterocycles. The summed E-state index contributed by atoms with van der Waals surface area (Å²) in [7, 11) is 5.51. The summed E-state index contributed by atoms with van der Waals surface area (Å²) in [5.41, 5.74) is 0.873. The average Bonchev–Trinajstić information content (AvgIpc) is 2.60. The van der Waals surface area contributed by atoms with Crippen LogP contribution < -0.4 is 16.0 Å². The molecule has 0 aliphatic rings. The van der Waals surface area contributed by atoms with Gasteiger partial charge in [0, 0.05) is 59.1 Å². The maximum absolute atomic E-state index is 12.0. The molecule has 1 amide bonds. The largest absolute Gasteiger partial charge is 0.385 e. The Balaban J connectivity index is 0.00000676. The highest BCUT2D eigenvalue weighted by atomic mass is 127. The summed E-state index contributed by atoms with van der Waals surface area (Å²) in [5.74, 6) is 1.19. The molecular weight excluding hydrogens is 459 g/mol. The monoisotopic (exact) mass is 492 g/mol. The number of carbonyl (C=O) groups excluding carboxylic acids is 1. The van der Waals surface area contributed by atoms with Crippen LogP contribution in [-0.2, 0) is 9.53 Å². The van der Waals surface area contributed by atoms with Gasteiger partial charge in [0.15, 0.2) is 5.96 Å². The molecule has 0 fully saturated rings. The number of halogens is 1. The first kappa shape index (κ1) is 25.5. The van der Waals surface area contributed by atoms with Gasteiger partial charge in [-0.3, -0.25) is 9.79 Å². The lowest BCUT2D eigenvalue weighted by molar-refractivity contribution is -0.116. The van der Waals surface area contributed by atoms with Crippen LogP contribution in [0.1, 0.15) is 18.5 Å². The number of aryl methyl sites for hydroxylation is 1. The Morgan fingerprint density at radius 3 is 2.67 bits per heavy atom. The SMILES string of the molecule is CN=C(NCCC(=O)Nc1cccc(C)n1)NCCN(C)CCCOC.I. The van der Waals surface area contributed by atoms with E-state index < -0.39 is 0 Å². The number of rotatable bonds is 11. The van der Waals surface area contributed by atoms with Crippen LogP contribution in [0.4, 0.5) is 5.82 Å². The van der Waals surface area contributed by atoms with Crippen molar-refractivity contribution in [3.8, 4) is 0 Å². The lowest BCUT2D eigenvalue weighted by atomic mass is 10.3. The summed E-state index contributed by atoms with van der Waals surface area (Å²) in [5, 5.41) is 9.18. The van der Waals surface area contributed by atoms with Crippen LogP contribution >= 0.6 is 24.0 Å². The van der Waals surface area contributed by atoms with E-state index in [1.807, 2.05) is 19.1 Å². The molecule has 1 aromatic rings. The quantitative estimate of drug-likeness (QED) is 0.188. The number of methoxy groups -OCH3 is 1. The van der Waals surface area contributed by atoms with Gasteiger partial charge in [0.05, 0.1) is 0 Å². The normalized spacial score (nSPS) is 11.1. The molecule has 0 aliphatic carbocycles. The highest BCUT2D eigenvalue weighted by molar-refractivity contribution is 14.0. The molecule has 0 saturated heterocycles. The zero-order chi connectivity index (χ0) is 19.2. The summed E-state index contributed by atoms with van der Waals surface area (Å²) in [6, 6.07) is 5.54. The minimum atomic E-state index is -0.0797. The Labute approximate surface area is 179 Å². The van der Waals surface area contributed by atoms with Gasteiger partial charge in [-0.25, -0.2) is 4.98 Å². The second-order valence-corrected chi connectivity index (χ2v) is 6.04. The number of nitrogens with zero attached hydrogens (tertiary/aromatic N) is 3. The summed E-state index contributed by atoms with van der Waals surface area (Å²) in [6.45, 7) is 5.85. The van der Waals surface area contributed by atoms with Crippen molar-refractivity contribution >= 4 is 41.7 Å². The number of hydrogen-bond acceptors (Lipinski definition) is 5. The summed E-state index contributed by atoms with van der Waals surface area (Å²) in [6.07, 6.45) is 1.36. The minimum Gasteiger partial charge on any atom is -0.385 e. The number of aromatic nitrogens is 1. The van der Waals surface area contributed by atoms with Crippen molar-refractivity contribution in [2.45, 2.75) is 19.8 Å². The van der Waals surface area contributed by atoms with Gasteiger partial charge in [-0.2, -0.15) is 0 Å². The molecule has 0 atom stereocenters. The van der Waals surface area contributed by atoms with Crippen molar-refractivity contribution in [2.24, 2.45) is 4.99 Å². The van der Waals surface area contributed by atoms with E-state index in [9.17, 15) is 4.79 Å². The predicted molar refractivity (Wildman–Crippen MR) is 121 cm³/mol. The van der Waals surface area contributed by atoms with Crippen molar-refractivity contribution in [1.29, 1.82) is 0 Å². The number of aliphatic imine (C=N–C) groups is 1. The molecule has 154 valence electrons. The standard InChI is InChI=1S/C18H32N6O2.HI/c1-15-7-5-8-16(22-15)23-17(25)9-10-20-18(19-2)21-11-13-24(3)12-6-14-26-4;/h5,7-8H,6,9-14H2,1-4H3,(H2,19,20,21)(H,22,23,25);1H. The van der Waals surface area contributed by atoms with Crippen LogP contribution in [0.25, 0.3) is 0 Å². The van der Waals surface area contributed by atoms with Crippen molar-refractivity contribution < 1.29 is 9.53 Å². The number of amides is 1. The third-order valence-corrected chi connectivity index (χ3v) is 3.70. The maximum atomic E-state index is 12.0. The number of nitrogens with one attached hydrogen (secondary N) is 3. The summed E-state index contributed by atoms with van der Waals surface area (Å²) in [4.78, 5) is 22.6. The fraction of sp³-hybridized carbons (Fsp3) is 0.611. The van der Waals surface area contributed by atoms with Gasteiger partial charge >= 0.3 is 0 Å². The fourth-order valence-electron chi connectivity index (χ4n) is 2.29. The van der Waals surface area contributed by atoms with Crippen molar-refractivity contribution in [2.75, 3.05) is 59.3 Å². The van der Waals surface area contributed by atoms with E-state index in [2.05, 4.69) is 37.9 Å². The van der Waals surface area contributed by atoms with Gasteiger partial charge in [0.1, 0.15) is 5.82 Å². The van der Waals surface area contributed by atoms with E-state index >= 15 is 0 Å². The smallest absolute Gasteiger partial charge is 0.227 e. The van der Waals surface area contributed by atoms with Crippen molar-refractivity contribution in [1.82, 2.24) is 20.5 Å². The van der Waals surface area contributed by atoms with E-state index in [1.165, 1.54) is 0 Å². The third kappa shape index (κ3) is 12.5. The Morgan fingerprint density at radius 1 is 1.26 bits per heavy atom. The first-order valence-corrected chi connectivity index (χ1v) is 8.90. The summed E-state index contributed by atoms with van der Waals surface area (Å²) < 4.78 is 5.05. The van der Waals surface area contributed by atoms with Gasteiger partial charge in [-0.05, 0) is 32.5 Å². The highest BCUT2D eigenvalue weighted by Gasteiger charge is 2.05. The first-order chi connectivity index (χ1) is 12.5. The van der Waals surface area contributed by atoms with Gasteiger partial charge < -0.3 is 25.6 Å². The maximum Gasteiger partial charge on any atom is 0.227 e. The molecule has 9 heteroatoms. The Hall–Kier alpha value is -1.46. The van der Waals surface area contributed by atoms with Crippen LogP contribution in [0, 0.1) is 6.92 Å². The average molecular weight is 492 g/mol. The molecule has 1 rings (SSSR count). The number of likely N-dealkylation sites (N-methyl/N-ethyl adjacent to an activating group) is 1. The molecule has 0 radical (unpaired) electrons. The van der Waals surface area contributed by atoms with Crippen LogP contribution in [0.3, 0.4) is 0 Å². The number of carbonyl (C=O) groups is 1. The summed E-state index contributed by atoms with van der Waals surface area (Å²) >= 11 is 0. The number of ether oxygens (including phenoxy) is 1. The van der Waals surface area contributed by atoms with Crippen LogP contribution in [0.2, 0.25) is 0 Å². The second kappa shape index (κ2) is 15.6. The number of guanidine groups is 1. The van der Waals surface area contributed by atoms with Gasteiger partial charge in [0.25, 0.3) is 0 Å². The predicted octanol–water partition coefficient (Wildman–Crippen LogP) is 1.47. The number of hydrogen-bond donors (Lipinski definition) is 3. The van der Waals surface area contributed by atoms with E-state index in [-0.39, 0.29) is 29.9 Å². The molecule has 27 heavy (non-hydrogen) atoms. The zero-order valence-electron chi connectivity index (χ0n) is 16.7. The molecule has 0 saturated carbocycles. The highest BCUT2D eigenvalue weighted by Crippen LogP contribution is 2.03. The number of anilines is 1. The van der Waals surface area contributed by atoms with Crippen molar-refractivity contribution in [3.63, 3.8) is 0 Å². The van der Waals surface area contributed by atoms with E-state index in [0.29, 0.717) is 24.7 Å². The van der Waals surface area contributed by atoms with Gasteiger partial charge in [0.2, 0.25) is 5.91 Å². The first-order valence-electron chi connectivity index (χ1n) is 8.90. The molecule has 1 heterocycles. The van der Waals surface area contributed by atoms with Crippen LogP contribution in [0.15, 0.2) is 23.2 Å². The Bertz CT molecular complexity index is 571. The molecule has 0 unspecified atom stereocenters. The minimum absolute atomic E-state index is 0. The third-order valence-electron chi connectivity index (χ3n) is 3.70. The van der Waals surface area contributed by atoms with Gasteiger partial charge in [-0.15, -0.1) is 24.0 Å². The van der Waals surface area contributed by atoms with Gasteiger partial charge in [-0.1, -0.05) is 6.07 Å². The fourth-order valence-corrected chi connectivity index (χ4v) is 2.29. The van der Waals surface area contributed by atoms with E-state index in [1.54, 1.807) is 20.2 Å². The molecule has 1 aromatic heterocycles. The van der Waals surface area contributed by atoms with E-state index in [4.69, 9.17) is 4.74 Å². The molecule has 0 bridgehead atoms. The molecular formula is C18H33IN6O2. The van der Waals surface area contributed by atoms with Crippen LogP contribution in [-0.4, -0.2) is 75.7 Å². The lowest BCUT2D eigenvalue weighted by Crippen LogP contribution is -2.42. The number of pyridine rings is 1. The molecule has 3 N–H and O–H groups in total. The Morgan fingerprint density at radius 2 is 2.00 bits per heavy atom. The van der Waals surface area contributed by atoms with Crippen LogP contribution in [0.5, 0.6) is 0 Å². The molecule has 8 nitrogen and oxygen atoms in total. The van der Waals surface area contributed by atoms with E-state index in [0.717, 1.165) is 38.4 Å².